The second-order valence-electron chi connectivity index (χ2n) is 5.15. The summed E-state index contributed by atoms with van der Waals surface area (Å²) < 4.78 is 31.0. The zero-order chi connectivity index (χ0) is 18.9. The van der Waals surface area contributed by atoms with Crippen LogP contribution in [0.5, 0.6) is 11.5 Å². The van der Waals surface area contributed by atoms with E-state index in [4.69, 9.17) is 28.1 Å². The minimum atomic E-state index is -0.898. The zero-order valence-electron chi connectivity index (χ0n) is 14.7. The van der Waals surface area contributed by atoms with Crippen LogP contribution in [0.1, 0.15) is 27.8 Å². The molecule has 0 amide bonds. The van der Waals surface area contributed by atoms with Gasteiger partial charge in [-0.2, -0.15) is 0 Å². The van der Waals surface area contributed by atoms with Crippen LogP contribution < -0.4 is 9.47 Å². The van der Waals surface area contributed by atoms with Crippen molar-refractivity contribution >= 4 is 12.3 Å². The topological polar surface area (TPSA) is 93.4 Å². The Bertz CT molecular complexity index is 710. The minimum Gasteiger partial charge on any atom is -0.468 e. The van der Waals surface area contributed by atoms with Gasteiger partial charge in [-0.05, 0) is 29.8 Å². The van der Waals surface area contributed by atoms with Crippen molar-refractivity contribution in [2.75, 3.05) is 34.9 Å². The van der Waals surface area contributed by atoms with E-state index in [1.54, 1.807) is 24.3 Å². The lowest BCUT2D eigenvalue weighted by Gasteiger charge is -2.16. The summed E-state index contributed by atoms with van der Waals surface area (Å²) in [4.78, 5) is 23.2. The summed E-state index contributed by atoms with van der Waals surface area (Å²) in [5.41, 5.74) is 0.503. The fourth-order valence-corrected chi connectivity index (χ4v) is 2.30. The first-order chi connectivity index (χ1) is 12.6. The summed E-state index contributed by atoms with van der Waals surface area (Å²) in [6.07, 6.45) is 0.559. The van der Waals surface area contributed by atoms with Gasteiger partial charge in [-0.3, -0.25) is 9.59 Å². The number of carbonyl (C=O) groups is 2. The molecule has 2 rings (SSSR count). The van der Waals surface area contributed by atoms with Crippen LogP contribution >= 0.6 is 0 Å². The number of benzene rings is 1. The standard InChI is InChI=1S/C18H20O8/c1-21-10-24-14-6-12(7-15(8-14)25-11-22-2)17(18(20)23-3)16-5-4-13(9-19)26-16/h4-9,17H,10-11H2,1-3H3. The highest BCUT2D eigenvalue weighted by Crippen LogP contribution is 2.33. The molecule has 8 nitrogen and oxygen atoms in total. The maximum atomic E-state index is 12.4. The number of rotatable bonds is 10. The molecule has 140 valence electrons. The number of hydrogen-bond acceptors (Lipinski definition) is 8. The van der Waals surface area contributed by atoms with Crippen LogP contribution in [0, 0.1) is 0 Å². The van der Waals surface area contributed by atoms with Crippen LogP contribution in [0.4, 0.5) is 0 Å². The molecule has 0 fully saturated rings. The number of carbonyl (C=O) groups excluding carboxylic acids is 2. The average molecular weight is 364 g/mol. The lowest BCUT2D eigenvalue weighted by Crippen LogP contribution is -2.15. The SMILES string of the molecule is COCOc1cc(OCOC)cc(C(C(=O)OC)c2ccc(C=O)o2)c1. The van der Waals surface area contributed by atoms with E-state index < -0.39 is 11.9 Å². The molecule has 1 heterocycles. The maximum Gasteiger partial charge on any atom is 0.320 e. The third kappa shape index (κ3) is 4.84. The Balaban J connectivity index is 2.46. The van der Waals surface area contributed by atoms with E-state index >= 15 is 0 Å². The summed E-state index contributed by atoms with van der Waals surface area (Å²) in [7, 11) is 4.26. The van der Waals surface area contributed by atoms with Crippen LogP contribution in [0.25, 0.3) is 0 Å². The third-order valence-corrected chi connectivity index (χ3v) is 3.41. The molecule has 0 spiro atoms. The highest BCUT2D eigenvalue weighted by atomic mass is 16.7. The average Bonchev–Trinajstić information content (AvgIpc) is 3.13. The van der Waals surface area contributed by atoms with Crippen LogP contribution in [-0.2, 0) is 19.0 Å². The molecule has 1 unspecified atom stereocenters. The van der Waals surface area contributed by atoms with Gasteiger partial charge >= 0.3 is 5.97 Å². The quantitative estimate of drug-likeness (QED) is 0.360. The van der Waals surface area contributed by atoms with Gasteiger partial charge in [0.2, 0.25) is 0 Å². The number of ether oxygens (including phenoxy) is 5. The zero-order valence-corrected chi connectivity index (χ0v) is 14.7. The van der Waals surface area contributed by atoms with Gasteiger partial charge in [0.05, 0.1) is 7.11 Å². The molecule has 8 heteroatoms. The Kier molecular flexibility index (Phi) is 7.19. The van der Waals surface area contributed by atoms with Gasteiger partial charge in [-0.15, -0.1) is 0 Å². The van der Waals surface area contributed by atoms with Crippen molar-refractivity contribution in [3.63, 3.8) is 0 Å². The Morgan fingerprint density at radius 3 is 2.12 bits per heavy atom. The van der Waals surface area contributed by atoms with Gasteiger partial charge in [0.15, 0.2) is 25.6 Å². The molecule has 0 bridgehead atoms. The van der Waals surface area contributed by atoms with Crippen LogP contribution in [0.15, 0.2) is 34.7 Å². The Labute approximate surface area is 150 Å². The van der Waals surface area contributed by atoms with Crippen molar-refractivity contribution in [3.8, 4) is 11.5 Å². The second-order valence-corrected chi connectivity index (χ2v) is 5.15. The van der Waals surface area contributed by atoms with Crippen molar-refractivity contribution in [3.05, 3.63) is 47.4 Å². The molecule has 0 aliphatic heterocycles. The molecule has 0 aliphatic carbocycles. The van der Waals surface area contributed by atoms with E-state index in [0.29, 0.717) is 23.3 Å². The van der Waals surface area contributed by atoms with Crippen molar-refractivity contribution in [1.29, 1.82) is 0 Å². The molecule has 26 heavy (non-hydrogen) atoms. The second kappa shape index (κ2) is 9.59. The summed E-state index contributed by atoms with van der Waals surface area (Å²) in [6.45, 7) is 0.0399. The highest BCUT2D eigenvalue weighted by molar-refractivity contribution is 5.82. The van der Waals surface area contributed by atoms with E-state index in [2.05, 4.69) is 0 Å². The van der Waals surface area contributed by atoms with Gasteiger partial charge in [-0.1, -0.05) is 0 Å². The van der Waals surface area contributed by atoms with Crippen molar-refractivity contribution in [1.82, 2.24) is 0 Å². The minimum absolute atomic E-state index is 0.0199. The fourth-order valence-electron chi connectivity index (χ4n) is 2.30. The first-order valence-corrected chi connectivity index (χ1v) is 7.64. The largest absolute Gasteiger partial charge is 0.468 e. The molecule has 0 radical (unpaired) electrons. The Morgan fingerprint density at radius 1 is 1.04 bits per heavy atom. The molecular formula is C18H20O8. The van der Waals surface area contributed by atoms with Crippen LogP contribution in [0.2, 0.25) is 0 Å². The molecule has 0 aliphatic rings. The van der Waals surface area contributed by atoms with E-state index in [0.717, 1.165) is 0 Å². The number of aldehydes is 1. The molecule has 0 saturated heterocycles. The molecule has 1 atom stereocenters. The summed E-state index contributed by atoms with van der Waals surface area (Å²) in [6, 6.07) is 7.94. The van der Waals surface area contributed by atoms with E-state index in [9.17, 15) is 9.59 Å². The van der Waals surface area contributed by atoms with Gasteiger partial charge in [0.25, 0.3) is 0 Å². The van der Waals surface area contributed by atoms with E-state index in [1.165, 1.54) is 27.4 Å². The summed E-state index contributed by atoms with van der Waals surface area (Å²) in [5, 5.41) is 0. The summed E-state index contributed by atoms with van der Waals surface area (Å²) in [5.74, 6) is -0.238. The highest BCUT2D eigenvalue weighted by Gasteiger charge is 2.28. The normalized spacial score (nSPS) is 11.7. The molecule has 1 aromatic carbocycles. The molecule has 0 saturated carbocycles. The van der Waals surface area contributed by atoms with Gasteiger partial charge in [0, 0.05) is 20.3 Å². The smallest absolute Gasteiger partial charge is 0.320 e. The molecule has 1 aromatic heterocycles. The van der Waals surface area contributed by atoms with Gasteiger partial charge < -0.3 is 28.1 Å². The summed E-state index contributed by atoms with van der Waals surface area (Å²) >= 11 is 0. The lowest BCUT2D eigenvalue weighted by atomic mass is 9.96. The Hall–Kier alpha value is -2.84. The lowest BCUT2D eigenvalue weighted by molar-refractivity contribution is -0.141. The van der Waals surface area contributed by atoms with Crippen molar-refractivity contribution in [2.45, 2.75) is 5.92 Å². The molecular weight excluding hydrogens is 344 g/mol. The molecule has 2 aromatic rings. The van der Waals surface area contributed by atoms with Crippen molar-refractivity contribution < 1.29 is 37.7 Å². The van der Waals surface area contributed by atoms with Gasteiger partial charge in [-0.25, -0.2) is 0 Å². The predicted octanol–water partition coefficient (Wildman–Crippen LogP) is 2.36. The number of methoxy groups -OCH3 is 3. The third-order valence-electron chi connectivity index (χ3n) is 3.41. The van der Waals surface area contributed by atoms with E-state index in [1.807, 2.05) is 0 Å². The number of hydrogen-bond donors (Lipinski definition) is 0. The maximum absolute atomic E-state index is 12.4. The first-order valence-electron chi connectivity index (χ1n) is 7.64. The fraction of sp³-hybridized carbons (Fsp3) is 0.333. The van der Waals surface area contributed by atoms with Crippen LogP contribution in [0.3, 0.4) is 0 Å². The monoisotopic (exact) mass is 364 g/mol. The van der Waals surface area contributed by atoms with Gasteiger partial charge in [0.1, 0.15) is 23.2 Å². The number of esters is 1. The van der Waals surface area contributed by atoms with E-state index in [-0.39, 0.29) is 25.1 Å². The predicted molar refractivity (Wildman–Crippen MR) is 89.4 cm³/mol. The van der Waals surface area contributed by atoms with Crippen LogP contribution in [-0.4, -0.2) is 47.2 Å². The molecule has 0 N–H and O–H groups in total. The Morgan fingerprint density at radius 2 is 1.65 bits per heavy atom. The first kappa shape index (κ1) is 19.5. The number of furan rings is 1. The van der Waals surface area contributed by atoms with Crippen molar-refractivity contribution in [2.24, 2.45) is 0 Å².